The van der Waals surface area contributed by atoms with Gasteiger partial charge in [0.2, 0.25) is 0 Å². The molecule has 0 amide bonds. The third-order valence-electron chi connectivity index (χ3n) is 1.76. The van der Waals surface area contributed by atoms with Crippen molar-refractivity contribution in [2.45, 2.75) is 32.2 Å². The quantitative estimate of drug-likeness (QED) is 0.249. The Labute approximate surface area is 79.9 Å². The lowest BCUT2D eigenvalue weighted by Gasteiger charge is -2.25. The SMILES string of the molecule is CC(O)NCCNC(C)(N)CCN. The van der Waals surface area contributed by atoms with Crippen LogP contribution in [0.25, 0.3) is 0 Å². The summed E-state index contributed by atoms with van der Waals surface area (Å²) in [6.45, 7) is 5.57. The van der Waals surface area contributed by atoms with Crippen LogP contribution in [0.15, 0.2) is 0 Å². The molecule has 0 aromatic heterocycles. The van der Waals surface area contributed by atoms with E-state index in [0.29, 0.717) is 13.1 Å². The zero-order valence-electron chi connectivity index (χ0n) is 8.51. The monoisotopic (exact) mass is 190 g/mol. The number of hydrogen-bond acceptors (Lipinski definition) is 5. The minimum absolute atomic E-state index is 0.408. The van der Waals surface area contributed by atoms with E-state index < -0.39 is 11.9 Å². The number of aliphatic hydroxyl groups is 1. The summed E-state index contributed by atoms with van der Waals surface area (Å²) in [4.78, 5) is 0. The molecule has 2 atom stereocenters. The van der Waals surface area contributed by atoms with E-state index in [9.17, 15) is 0 Å². The number of hydrogen-bond donors (Lipinski definition) is 5. The Hall–Kier alpha value is -0.200. The van der Waals surface area contributed by atoms with Gasteiger partial charge in [0, 0.05) is 13.1 Å². The van der Waals surface area contributed by atoms with Crippen LogP contribution in [0.3, 0.4) is 0 Å². The lowest BCUT2D eigenvalue weighted by atomic mass is 10.1. The molecule has 0 aliphatic heterocycles. The van der Waals surface area contributed by atoms with Gasteiger partial charge in [-0.3, -0.25) is 10.6 Å². The average Bonchev–Trinajstić information content (AvgIpc) is 1.98. The highest BCUT2D eigenvalue weighted by Crippen LogP contribution is 1.97. The molecule has 0 fully saturated rings. The van der Waals surface area contributed by atoms with Gasteiger partial charge >= 0.3 is 0 Å². The second-order valence-corrected chi connectivity index (χ2v) is 3.51. The summed E-state index contributed by atoms with van der Waals surface area (Å²) in [6.07, 6.45) is 0.266. The van der Waals surface area contributed by atoms with Gasteiger partial charge in [0.15, 0.2) is 0 Å². The standard InChI is InChI=1S/C8H22N4O/c1-7(13)11-5-6-12-8(2,10)3-4-9/h7,11-13H,3-6,9-10H2,1-2H3. The van der Waals surface area contributed by atoms with Crippen molar-refractivity contribution in [2.75, 3.05) is 19.6 Å². The minimum atomic E-state index is -0.472. The summed E-state index contributed by atoms with van der Waals surface area (Å²) in [5, 5.41) is 14.9. The van der Waals surface area contributed by atoms with E-state index in [1.165, 1.54) is 0 Å². The number of nitrogens with two attached hydrogens (primary N) is 2. The molecule has 7 N–H and O–H groups in total. The van der Waals surface area contributed by atoms with E-state index in [4.69, 9.17) is 16.6 Å². The molecule has 0 aromatic carbocycles. The lowest BCUT2D eigenvalue weighted by Crippen LogP contribution is -2.53. The van der Waals surface area contributed by atoms with E-state index in [-0.39, 0.29) is 0 Å². The fourth-order valence-corrected chi connectivity index (χ4v) is 1.02. The predicted octanol–water partition coefficient (Wildman–Crippen LogP) is -1.47. The Morgan fingerprint density at radius 1 is 1.46 bits per heavy atom. The van der Waals surface area contributed by atoms with Gasteiger partial charge in [-0.05, 0) is 26.8 Å². The van der Waals surface area contributed by atoms with Gasteiger partial charge in [-0.25, -0.2) is 0 Å². The summed E-state index contributed by atoms with van der Waals surface area (Å²) in [5.74, 6) is 0. The maximum Gasteiger partial charge on any atom is 0.102 e. The number of nitrogens with one attached hydrogen (secondary N) is 2. The zero-order chi connectivity index (χ0) is 10.3. The van der Waals surface area contributed by atoms with E-state index >= 15 is 0 Å². The van der Waals surface area contributed by atoms with Crippen molar-refractivity contribution in [3.63, 3.8) is 0 Å². The van der Waals surface area contributed by atoms with E-state index in [1.807, 2.05) is 6.92 Å². The van der Waals surface area contributed by atoms with Gasteiger partial charge in [0.05, 0.1) is 5.66 Å². The fourth-order valence-electron chi connectivity index (χ4n) is 1.02. The van der Waals surface area contributed by atoms with Crippen LogP contribution in [0, 0.1) is 0 Å². The second-order valence-electron chi connectivity index (χ2n) is 3.51. The second kappa shape index (κ2) is 6.28. The molecule has 13 heavy (non-hydrogen) atoms. The number of rotatable bonds is 7. The highest BCUT2D eigenvalue weighted by molar-refractivity contribution is 4.75. The average molecular weight is 190 g/mol. The van der Waals surface area contributed by atoms with Gasteiger partial charge in [0.25, 0.3) is 0 Å². The minimum Gasteiger partial charge on any atom is -0.379 e. The van der Waals surface area contributed by atoms with Gasteiger partial charge < -0.3 is 16.6 Å². The Morgan fingerprint density at radius 2 is 2.08 bits per heavy atom. The molecule has 2 unspecified atom stereocenters. The molecule has 0 aliphatic rings. The molecule has 0 rings (SSSR count). The first kappa shape index (κ1) is 12.8. The van der Waals surface area contributed by atoms with Gasteiger partial charge in [-0.2, -0.15) is 0 Å². The first-order valence-electron chi connectivity index (χ1n) is 4.63. The van der Waals surface area contributed by atoms with E-state index in [0.717, 1.165) is 13.0 Å². The highest BCUT2D eigenvalue weighted by atomic mass is 16.3. The van der Waals surface area contributed by atoms with Crippen LogP contribution in [-0.4, -0.2) is 36.6 Å². The molecule has 0 aliphatic carbocycles. The van der Waals surface area contributed by atoms with Crippen molar-refractivity contribution in [1.29, 1.82) is 0 Å². The molecule has 0 saturated heterocycles. The van der Waals surface area contributed by atoms with Crippen molar-refractivity contribution in [1.82, 2.24) is 10.6 Å². The van der Waals surface area contributed by atoms with Crippen molar-refractivity contribution >= 4 is 0 Å². The smallest absolute Gasteiger partial charge is 0.102 e. The van der Waals surface area contributed by atoms with Crippen molar-refractivity contribution in [3.8, 4) is 0 Å². The highest BCUT2D eigenvalue weighted by Gasteiger charge is 2.14. The molecular formula is C8H22N4O. The predicted molar refractivity (Wildman–Crippen MR) is 54.0 cm³/mol. The normalized spacial score (nSPS) is 18.2. The molecule has 0 aromatic rings. The zero-order valence-corrected chi connectivity index (χ0v) is 8.51. The first-order valence-corrected chi connectivity index (χ1v) is 4.63. The van der Waals surface area contributed by atoms with Gasteiger partial charge in [-0.1, -0.05) is 0 Å². The molecule has 0 radical (unpaired) electrons. The molecule has 0 bridgehead atoms. The molecule has 5 nitrogen and oxygen atoms in total. The molecule has 5 heteroatoms. The van der Waals surface area contributed by atoms with Crippen molar-refractivity contribution in [3.05, 3.63) is 0 Å². The summed E-state index contributed by atoms with van der Waals surface area (Å²) < 4.78 is 0. The van der Waals surface area contributed by atoms with E-state index in [2.05, 4.69) is 10.6 Å². The van der Waals surface area contributed by atoms with Crippen LogP contribution < -0.4 is 22.1 Å². The molecular weight excluding hydrogens is 168 g/mol. The maximum absolute atomic E-state index is 8.90. The van der Waals surface area contributed by atoms with Crippen LogP contribution in [0.2, 0.25) is 0 Å². The third kappa shape index (κ3) is 8.14. The lowest BCUT2D eigenvalue weighted by molar-refractivity contribution is 0.155. The Morgan fingerprint density at radius 3 is 2.54 bits per heavy atom. The largest absolute Gasteiger partial charge is 0.379 e. The Balaban J connectivity index is 3.40. The Kier molecular flexibility index (Phi) is 6.19. The number of aliphatic hydroxyl groups excluding tert-OH is 1. The summed E-state index contributed by atoms with van der Waals surface area (Å²) in [5.41, 5.74) is 10.8. The van der Waals surface area contributed by atoms with Crippen LogP contribution in [0.4, 0.5) is 0 Å². The van der Waals surface area contributed by atoms with Crippen molar-refractivity contribution < 1.29 is 5.11 Å². The van der Waals surface area contributed by atoms with Crippen LogP contribution in [-0.2, 0) is 0 Å². The third-order valence-corrected chi connectivity index (χ3v) is 1.76. The molecule has 0 saturated carbocycles. The topological polar surface area (TPSA) is 96.3 Å². The molecule has 0 spiro atoms. The molecule has 0 heterocycles. The fraction of sp³-hybridized carbons (Fsp3) is 1.00. The summed E-state index contributed by atoms with van der Waals surface area (Å²) >= 11 is 0. The van der Waals surface area contributed by atoms with Gasteiger partial charge in [0.1, 0.15) is 6.23 Å². The summed E-state index contributed by atoms with van der Waals surface area (Å²) in [6, 6.07) is 0. The Bertz CT molecular complexity index is 127. The molecule has 80 valence electrons. The first-order chi connectivity index (χ1) is 5.98. The van der Waals surface area contributed by atoms with E-state index in [1.54, 1.807) is 6.92 Å². The van der Waals surface area contributed by atoms with Gasteiger partial charge in [-0.15, -0.1) is 0 Å². The van der Waals surface area contributed by atoms with Crippen LogP contribution in [0.1, 0.15) is 20.3 Å². The van der Waals surface area contributed by atoms with Crippen LogP contribution in [0.5, 0.6) is 0 Å². The van der Waals surface area contributed by atoms with Crippen molar-refractivity contribution in [2.24, 2.45) is 11.5 Å². The maximum atomic E-state index is 8.90. The van der Waals surface area contributed by atoms with Crippen LogP contribution >= 0.6 is 0 Å². The summed E-state index contributed by atoms with van der Waals surface area (Å²) in [7, 11) is 0.